The highest BCUT2D eigenvalue weighted by atomic mass is 16.6. The van der Waals surface area contributed by atoms with Crippen molar-refractivity contribution in [3.05, 3.63) is 29.6 Å². The molecule has 0 aromatic carbocycles. The highest BCUT2D eigenvalue weighted by Crippen LogP contribution is 2.25. The maximum absolute atomic E-state index is 12.0. The summed E-state index contributed by atoms with van der Waals surface area (Å²) in [6.45, 7) is 10.9. The Hall–Kier alpha value is -1.66. The second-order valence-electron chi connectivity index (χ2n) is 7.22. The van der Waals surface area contributed by atoms with Crippen molar-refractivity contribution in [3.63, 3.8) is 0 Å². The third kappa shape index (κ3) is 5.46. The number of alkyl carbamates (subject to hydrolysis) is 1. The summed E-state index contributed by atoms with van der Waals surface area (Å²) in [5.41, 5.74) is 1.61. The zero-order chi connectivity index (χ0) is 17.7. The van der Waals surface area contributed by atoms with Crippen LogP contribution in [0.2, 0.25) is 0 Å². The fourth-order valence-corrected chi connectivity index (χ4v) is 2.70. The van der Waals surface area contributed by atoms with E-state index in [0.717, 1.165) is 17.7 Å². The van der Waals surface area contributed by atoms with Crippen LogP contribution in [0.1, 0.15) is 45.4 Å². The largest absolute Gasteiger partial charge is 0.444 e. The molecule has 1 amide bonds. The molecule has 24 heavy (non-hydrogen) atoms. The van der Waals surface area contributed by atoms with Gasteiger partial charge in [0.25, 0.3) is 0 Å². The van der Waals surface area contributed by atoms with Crippen LogP contribution in [0.4, 0.5) is 4.79 Å². The van der Waals surface area contributed by atoms with Crippen LogP contribution in [0.25, 0.3) is 0 Å². The number of pyridine rings is 1. The summed E-state index contributed by atoms with van der Waals surface area (Å²) in [6, 6.07) is 4.11. The van der Waals surface area contributed by atoms with Crippen molar-refractivity contribution in [2.75, 3.05) is 6.61 Å². The van der Waals surface area contributed by atoms with E-state index in [2.05, 4.69) is 15.6 Å². The summed E-state index contributed by atoms with van der Waals surface area (Å²) in [7, 11) is 0. The van der Waals surface area contributed by atoms with E-state index in [1.165, 1.54) is 0 Å². The lowest BCUT2D eigenvalue weighted by atomic mass is 9.82. The predicted octanol–water partition coefficient (Wildman–Crippen LogP) is 2.55. The zero-order valence-corrected chi connectivity index (χ0v) is 15.3. The topological polar surface area (TPSA) is 72.5 Å². The number of nitrogens with zero attached hydrogens (tertiary/aromatic N) is 1. The van der Waals surface area contributed by atoms with E-state index in [-0.39, 0.29) is 24.3 Å². The van der Waals surface area contributed by atoms with E-state index in [4.69, 9.17) is 9.47 Å². The molecule has 0 bridgehead atoms. The maximum atomic E-state index is 12.0. The Kier molecular flexibility index (Phi) is 6.18. The first kappa shape index (κ1) is 18.7. The van der Waals surface area contributed by atoms with Crippen molar-refractivity contribution in [2.24, 2.45) is 0 Å². The van der Waals surface area contributed by atoms with Gasteiger partial charge in [0.1, 0.15) is 5.60 Å². The Balaban J connectivity index is 1.89. The third-order valence-electron chi connectivity index (χ3n) is 3.89. The number of aryl methyl sites for hydroxylation is 1. The monoisotopic (exact) mass is 335 g/mol. The minimum atomic E-state index is -0.498. The van der Waals surface area contributed by atoms with Crippen LogP contribution >= 0.6 is 0 Å². The van der Waals surface area contributed by atoms with Gasteiger partial charge in [-0.3, -0.25) is 4.98 Å². The minimum Gasteiger partial charge on any atom is -0.444 e. The fraction of sp³-hybridized carbons (Fsp3) is 0.667. The number of amides is 1. The van der Waals surface area contributed by atoms with Crippen molar-refractivity contribution >= 4 is 6.09 Å². The van der Waals surface area contributed by atoms with E-state index in [9.17, 15) is 4.79 Å². The predicted molar refractivity (Wildman–Crippen MR) is 92.8 cm³/mol. The molecule has 6 nitrogen and oxygen atoms in total. The SMILES string of the molecule is CCOC1CC(NC(=O)OC(C)(C)C)C1NCc1ccc(C)cn1. The Morgan fingerprint density at radius 1 is 1.38 bits per heavy atom. The van der Waals surface area contributed by atoms with Crippen LogP contribution in [-0.4, -0.2) is 41.5 Å². The molecule has 1 aromatic heterocycles. The van der Waals surface area contributed by atoms with Crippen LogP contribution < -0.4 is 10.6 Å². The van der Waals surface area contributed by atoms with E-state index in [0.29, 0.717) is 13.2 Å². The quantitative estimate of drug-likeness (QED) is 0.836. The molecule has 0 spiro atoms. The summed E-state index contributed by atoms with van der Waals surface area (Å²) < 4.78 is 11.1. The Labute approximate surface area is 144 Å². The van der Waals surface area contributed by atoms with Crippen LogP contribution in [0.3, 0.4) is 0 Å². The number of nitrogens with one attached hydrogen (secondary N) is 2. The Bertz CT molecular complexity index is 539. The molecule has 2 N–H and O–H groups in total. The number of hydrogen-bond acceptors (Lipinski definition) is 5. The molecule has 1 heterocycles. The summed E-state index contributed by atoms with van der Waals surface area (Å²) in [5, 5.41) is 6.38. The van der Waals surface area contributed by atoms with Crippen molar-refractivity contribution in [1.82, 2.24) is 15.6 Å². The van der Waals surface area contributed by atoms with Gasteiger partial charge < -0.3 is 20.1 Å². The number of carbonyl (C=O) groups excluding carboxylic acids is 1. The fourth-order valence-electron chi connectivity index (χ4n) is 2.70. The maximum Gasteiger partial charge on any atom is 0.407 e. The van der Waals surface area contributed by atoms with Crippen LogP contribution in [0, 0.1) is 6.92 Å². The highest BCUT2D eigenvalue weighted by molar-refractivity contribution is 5.68. The number of rotatable bonds is 6. The van der Waals surface area contributed by atoms with Crippen molar-refractivity contribution in [2.45, 2.75) is 71.4 Å². The van der Waals surface area contributed by atoms with Gasteiger partial charge in [0.2, 0.25) is 0 Å². The third-order valence-corrected chi connectivity index (χ3v) is 3.89. The lowest BCUT2D eigenvalue weighted by molar-refractivity contribution is -0.0439. The van der Waals surface area contributed by atoms with Gasteiger partial charge in [0.05, 0.1) is 23.9 Å². The van der Waals surface area contributed by atoms with Gasteiger partial charge in [-0.05, 0) is 52.7 Å². The lowest BCUT2D eigenvalue weighted by Gasteiger charge is -2.44. The van der Waals surface area contributed by atoms with Gasteiger partial charge >= 0.3 is 6.09 Å². The van der Waals surface area contributed by atoms with Crippen LogP contribution in [0.15, 0.2) is 18.3 Å². The smallest absolute Gasteiger partial charge is 0.407 e. The Morgan fingerprint density at radius 3 is 2.71 bits per heavy atom. The van der Waals surface area contributed by atoms with Crippen LogP contribution in [0.5, 0.6) is 0 Å². The van der Waals surface area contributed by atoms with Crippen molar-refractivity contribution in [1.29, 1.82) is 0 Å². The van der Waals surface area contributed by atoms with Crippen LogP contribution in [-0.2, 0) is 16.0 Å². The molecule has 0 saturated heterocycles. The molecule has 0 aliphatic heterocycles. The van der Waals surface area contributed by atoms with Gasteiger partial charge in [-0.25, -0.2) is 4.79 Å². The second-order valence-corrected chi connectivity index (χ2v) is 7.22. The van der Waals surface area contributed by atoms with E-state index in [1.54, 1.807) is 0 Å². The zero-order valence-electron chi connectivity index (χ0n) is 15.3. The molecule has 3 unspecified atom stereocenters. The molecule has 1 saturated carbocycles. The first-order chi connectivity index (χ1) is 11.3. The number of ether oxygens (including phenoxy) is 2. The Morgan fingerprint density at radius 2 is 2.12 bits per heavy atom. The number of hydrogen-bond donors (Lipinski definition) is 2. The lowest BCUT2D eigenvalue weighted by Crippen LogP contribution is -2.66. The molecular weight excluding hydrogens is 306 g/mol. The summed E-state index contributed by atoms with van der Waals surface area (Å²) in [5.74, 6) is 0. The van der Waals surface area contributed by atoms with Gasteiger partial charge in [-0.1, -0.05) is 6.07 Å². The summed E-state index contributed by atoms with van der Waals surface area (Å²) in [4.78, 5) is 16.4. The second kappa shape index (κ2) is 7.94. The van der Waals surface area contributed by atoms with Crippen molar-refractivity contribution in [3.8, 4) is 0 Å². The standard InChI is InChI=1S/C18H29N3O3/c1-6-23-15-9-14(21-17(22)24-18(3,4)5)16(15)20-11-13-8-7-12(2)10-19-13/h7-8,10,14-16,20H,6,9,11H2,1-5H3,(H,21,22). The molecule has 2 rings (SSSR count). The number of carbonyl (C=O) groups is 1. The molecule has 6 heteroatoms. The van der Waals surface area contributed by atoms with E-state index in [1.807, 2.05) is 52.9 Å². The number of aromatic nitrogens is 1. The van der Waals surface area contributed by atoms with Gasteiger partial charge in [-0.15, -0.1) is 0 Å². The average Bonchev–Trinajstić information content (AvgIpc) is 2.46. The normalized spacial score (nSPS) is 23.5. The average molecular weight is 335 g/mol. The van der Waals surface area contributed by atoms with Gasteiger partial charge in [-0.2, -0.15) is 0 Å². The summed E-state index contributed by atoms with van der Waals surface area (Å²) in [6.07, 6.45) is 2.35. The molecule has 1 aliphatic rings. The minimum absolute atomic E-state index is 0.00171. The molecule has 0 radical (unpaired) electrons. The van der Waals surface area contributed by atoms with Gasteiger partial charge in [0.15, 0.2) is 0 Å². The van der Waals surface area contributed by atoms with E-state index < -0.39 is 5.60 Å². The highest BCUT2D eigenvalue weighted by Gasteiger charge is 2.42. The first-order valence-corrected chi connectivity index (χ1v) is 8.54. The van der Waals surface area contributed by atoms with Gasteiger partial charge in [0, 0.05) is 19.3 Å². The molecule has 1 aromatic rings. The molecule has 1 aliphatic carbocycles. The molecule has 1 fully saturated rings. The molecule has 134 valence electrons. The molecule has 3 atom stereocenters. The van der Waals surface area contributed by atoms with Crippen molar-refractivity contribution < 1.29 is 14.3 Å². The first-order valence-electron chi connectivity index (χ1n) is 8.54. The molecular formula is C18H29N3O3. The summed E-state index contributed by atoms with van der Waals surface area (Å²) >= 11 is 0. The van der Waals surface area contributed by atoms with E-state index >= 15 is 0 Å².